The highest BCUT2D eigenvalue weighted by atomic mass is 19.1. The van der Waals surface area contributed by atoms with E-state index in [4.69, 9.17) is 0 Å². The zero-order valence-electron chi connectivity index (χ0n) is 9.05. The minimum atomic E-state index is -1.14. The Morgan fingerprint density at radius 3 is 2.67 bits per heavy atom. The highest BCUT2D eigenvalue weighted by Crippen LogP contribution is 2.27. The van der Waals surface area contributed by atoms with Crippen LogP contribution in [0.4, 0.5) is 4.39 Å². The fraction of sp³-hybridized carbons (Fsp3) is 0.385. The topological polar surface area (TPSA) is 20.2 Å². The average Bonchev–Trinajstić information content (AvgIpc) is 2.18. The zero-order valence-corrected chi connectivity index (χ0v) is 9.05. The van der Waals surface area contributed by atoms with E-state index in [0.717, 1.165) is 0 Å². The van der Waals surface area contributed by atoms with Gasteiger partial charge >= 0.3 is 0 Å². The second-order valence-corrected chi connectivity index (χ2v) is 3.68. The summed E-state index contributed by atoms with van der Waals surface area (Å²) in [4.78, 5) is 0. The lowest BCUT2D eigenvalue weighted by Gasteiger charge is -2.23. The molecule has 1 nitrogen and oxygen atoms in total. The minimum Gasteiger partial charge on any atom is -0.385 e. The largest absolute Gasteiger partial charge is 0.385 e. The zero-order chi connectivity index (χ0) is 11.3. The van der Waals surface area contributed by atoms with Gasteiger partial charge in [-0.1, -0.05) is 18.2 Å². The number of hydrogen-bond donors (Lipinski definition) is 1. The highest BCUT2D eigenvalue weighted by Gasteiger charge is 2.25. The molecule has 1 atom stereocenters. The maximum Gasteiger partial charge on any atom is 0.129 e. The van der Waals surface area contributed by atoms with Crippen LogP contribution in [-0.4, -0.2) is 5.11 Å². The Balaban J connectivity index is 2.84. The fourth-order valence-corrected chi connectivity index (χ4v) is 1.46. The van der Waals surface area contributed by atoms with Crippen molar-refractivity contribution in [2.45, 2.75) is 32.3 Å². The average molecular weight is 206 g/mol. The first-order valence-corrected chi connectivity index (χ1v) is 4.95. The molecular formula is C13H15FO. The predicted molar refractivity (Wildman–Crippen MR) is 58.7 cm³/mol. The molecule has 0 aliphatic heterocycles. The molecule has 0 aromatic heterocycles. The number of benzene rings is 1. The van der Waals surface area contributed by atoms with Crippen molar-refractivity contribution in [2.75, 3.05) is 0 Å². The molecule has 2 heteroatoms. The normalized spacial score (nSPS) is 13.9. The lowest BCUT2D eigenvalue weighted by atomic mass is 9.91. The summed E-state index contributed by atoms with van der Waals surface area (Å²) in [6.45, 7) is 3.36. The van der Waals surface area contributed by atoms with Crippen molar-refractivity contribution < 1.29 is 9.50 Å². The molecule has 0 fully saturated rings. The first kappa shape index (κ1) is 11.7. The fourth-order valence-electron chi connectivity index (χ4n) is 1.46. The van der Waals surface area contributed by atoms with E-state index >= 15 is 0 Å². The molecule has 0 bridgehead atoms. The molecule has 0 aliphatic rings. The summed E-state index contributed by atoms with van der Waals surface area (Å²) in [5, 5.41) is 10.1. The van der Waals surface area contributed by atoms with Gasteiger partial charge in [-0.05, 0) is 26.3 Å². The quantitative estimate of drug-likeness (QED) is 0.754. The maximum absolute atomic E-state index is 13.4. The van der Waals surface area contributed by atoms with Gasteiger partial charge in [0, 0.05) is 12.0 Å². The number of halogens is 1. The molecule has 1 rings (SSSR count). The lowest BCUT2D eigenvalue weighted by Crippen LogP contribution is -2.22. The number of rotatable bonds is 3. The highest BCUT2D eigenvalue weighted by molar-refractivity contribution is 5.23. The molecule has 1 N–H and O–H groups in total. The summed E-state index contributed by atoms with van der Waals surface area (Å²) >= 11 is 0. The van der Waals surface area contributed by atoms with Gasteiger partial charge < -0.3 is 5.11 Å². The second kappa shape index (κ2) is 4.95. The van der Waals surface area contributed by atoms with E-state index < -0.39 is 5.60 Å². The van der Waals surface area contributed by atoms with Crippen LogP contribution in [0, 0.1) is 17.7 Å². The lowest BCUT2D eigenvalue weighted by molar-refractivity contribution is 0.0456. The minimum absolute atomic E-state index is 0.336. The molecule has 0 aliphatic carbocycles. The van der Waals surface area contributed by atoms with Crippen LogP contribution in [0.25, 0.3) is 0 Å². The Hall–Kier alpha value is -1.33. The molecule has 0 spiro atoms. The third-order valence-electron chi connectivity index (χ3n) is 2.37. The summed E-state index contributed by atoms with van der Waals surface area (Å²) in [7, 11) is 0. The second-order valence-electron chi connectivity index (χ2n) is 3.68. The van der Waals surface area contributed by atoms with E-state index in [0.29, 0.717) is 18.4 Å². The summed E-state index contributed by atoms with van der Waals surface area (Å²) in [6, 6.07) is 6.29. The Morgan fingerprint density at radius 2 is 2.07 bits per heavy atom. The third-order valence-corrected chi connectivity index (χ3v) is 2.37. The molecule has 80 valence electrons. The molecular weight excluding hydrogens is 191 g/mol. The molecule has 0 radical (unpaired) electrons. The summed E-state index contributed by atoms with van der Waals surface area (Å²) in [5.74, 6) is 5.24. The van der Waals surface area contributed by atoms with E-state index in [9.17, 15) is 9.50 Å². The van der Waals surface area contributed by atoms with Crippen molar-refractivity contribution in [2.24, 2.45) is 0 Å². The van der Waals surface area contributed by atoms with E-state index in [1.165, 1.54) is 6.07 Å². The standard InChI is InChI=1S/C13H15FO/c1-3-4-7-10-13(2,15)11-8-5-6-9-12(11)14/h5-6,8-9,15H,7,10H2,1-2H3. The molecule has 0 heterocycles. The molecule has 0 saturated carbocycles. The van der Waals surface area contributed by atoms with Gasteiger partial charge in [-0.25, -0.2) is 4.39 Å². The predicted octanol–water partition coefficient (Wildman–Crippen LogP) is 2.84. The summed E-state index contributed by atoms with van der Waals surface area (Å²) in [5.41, 5.74) is -0.808. The molecule has 1 aromatic carbocycles. The molecule has 0 saturated heterocycles. The van der Waals surface area contributed by atoms with Gasteiger partial charge in [0.05, 0.1) is 5.60 Å². The Labute approximate surface area is 89.9 Å². The van der Waals surface area contributed by atoms with Gasteiger partial charge in [-0.15, -0.1) is 11.8 Å². The summed E-state index contributed by atoms with van der Waals surface area (Å²) < 4.78 is 13.4. The number of aliphatic hydroxyl groups is 1. The van der Waals surface area contributed by atoms with E-state index in [2.05, 4.69) is 11.8 Å². The van der Waals surface area contributed by atoms with Crippen LogP contribution in [0.2, 0.25) is 0 Å². The van der Waals surface area contributed by atoms with E-state index in [1.807, 2.05) is 0 Å². The van der Waals surface area contributed by atoms with Gasteiger partial charge in [0.15, 0.2) is 0 Å². The van der Waals surface area contributed by atoms with Crippen LogP contribution in [-0.2, 0) is 5.60 Å². The van der Waals surface area contributed by atoms with Crippen LogP contribution >= 0.6 is 0 Å². The van der Waals surface area contributed by atoms with Crippen molar-refractivity contribution >= 4 is 0 Å². The van der Waals surface area contributed by atoms with Gasteiger partial charge in [-0.3, -0.25) is 0 Å². The molecule has 1 aromatic rings. The summed E-state index contributed by atoms with van der Waals surface area (Å²) in [6.07, 6.45) is 1.01. The smallest absolute Gasteiger partial charge is 0.129 e. The maximum atomic E-state index is 13.4. The van der Waals surface area contributed by atoms with E-state index in [1.54, 1.807) is 32.0 Å². The van der Waals surface area contributed by atoms with Gasteiger partial charge in [-0.2, -0.15) is 0 Å². The van der Waals surface area contributed by atoms with Crippen LogP contribution < -0.4 is 0 Å². The van der Waals surface area contributed by atoms with Crippen molar-refractivity contribution in [3.05, 3.63) is 35.6 Å². The third kappa shape index (κ3) is 3.07. The van der Waals surface area contributed by atoms with Crippen molar-refractivity contribution in [1.82, 2.24) is 0 Å². The number of hydrogen-bond acceptors (Lipinski definition) is 1. The van der Waals surface area contributed by atoms with Gasteiger partial charge in [0.1, 0.15) is 5.82 Å². The van der Waals surface area contributed by atoms with E-state index in [-0.39, 0.29) is 5.82 Å². The van der Waals surface area contributed by atoms with Gasteiger partial charge in [0.25, 0.3) is 0 Å². The van der Waals surface area contributed by atoms with Crippen LogP contribution in [0.1, 0.15) is 32.3 Å². The molecule has 0 amide bonds. The van der Waals surface area contributed by atoms with Crippen LogP contribution in [0.3, 0.4) is 0 Å². The molecule has 1 unspecified atom stereocenters. The SMILES string of the molecule is CC#CCCC(C)(O)c1ccccc1F. The Morgan fingerprint density at radius 1 is 1.40 bits per heavy atom. The van der Waals surface area contributed by atoms with Crippen molar-refractivity contribution in [3.63, 3.8) is 0 Å². The monoisotopic (exact) mass is 206 g/mol. The molecule has 15 heavy (non-hydrogen) atoms. The van der Waals surface area contributed by atoms with Crippen molar-refractivity contribution in [3.8, 4) is 11.8 Å². The van der Waals surface area contributed by atoms with Crippen molar-refractivity contribution in [1.29, 1.82) is 0 Å². The van der Waals surface area contributed by atoms with Crippen LogP contribution in [0.5, 0.6) is 0 Å². The van der Waals surface area contributed by atoms with Crippen LogP contribution in [0.15, 0.2) is 24.3 Å². The first-order valence-electron chi connectivity index (χ1n) is 4.95. The Bertz CT molecular complexity index is 385. The first-order chi connectivity index (χ1) is 7.08. The Kier molecular flexibility index (Phi) is 3.88. The van der Waals surface area contributed by atoms with Gasteiger partial charge in [0.2, 0.25) is 0 Å².